The van der Waals surface area contributed by atoms with Gasteiger partial charge in [0.1, 0.15) is 0 Å². The maximum absolute atomic E-state index is 12.8. The average Bonchev–Trinajstić information content (AvgIpc) is 2.83. The number of aliphatic hydroxyl groups is 1. The number of rotatable bonds is 4. The van der Waals surface area contributed by atoms with Crippen LogP contribution in [0, 0.1) is 0 Å². The Kier molecular flexibility index (Phi) is 3.89. The lowest BCUT2D eigenvalue weighted by molar-refractivity contribution is -0.137. The van der Waals surface area contributed by atoms with Gasteiger partial charge >= 0.3 is 0 Å². The van der Waals surface area contributed by atoms with Crippen molar-refractivity contribution < 1.29 is 9.90 Å². The molecule has 1 fully saturated rings. The molecule has 1 N–H and O–H groups in total. The number of thiophene rings is 1. The van der Waals surface area contributed by atoms with Gasteiger partial charge in [-0.25, -0.2) is 0 Å². The molecule has 1 saturated carbocycles. The van der Waals surface area contributed by atoms with Gasteiger partial charge in [0.2, 0.25) is 5.91 Å². The van der Waals surface area contributed by atoms with Crippen LogP contribution >= 0.6 is 11.3 Å². The molecule has 1 atom stereocenters. The van der Waals surface area contributed by atoms with Crippen molar-refractivity contribution in [1.29, 1.82) is 0 Å². The molecule has 19 heavy (non-hydrogen) atoms. The lowest BCUT2D eigenvalue weighted by Gasteiger charge is -2.39. The third-order valence-corrected chi connectivity index (χ3v) is 5.49. The van der Waals surface area contributed by atoms with Crippen LogP contribution in [0.15, 0.2) is 11.4 Å². The molecule has 104 valence electrons. The van der Waals surface area contributed by atoms with E-state index in [1.807, 2.05) is 4.90 Å². The zero-order chi connectivity index (χ0) is 13.2. The minimum atomic E-state index is 0.0437. The van der Waals surface area contributed by atoms with Crippen molar-refractivity contribution in [1.82, 2.24) is 4.90 Å². The van der Waals surface area contributed by atoms with Gasteiger partial charge in [0.25, 0.3) is 0 Å². The highest BCUT2D eigenvalue weighted by Gasteiger charge is 2.35. The molecular weight excluding hydrogens is 258 g/mol. The second kappa shape index (κ2) is 5.63. The molecule has 0 saturated heterocycles. The van der Waals surface area contributed by atoms with E-state index in [0.29, 0.717) is 12.6 Å². The van der Waals surface area contributed by atoms with Gasteiger partial charge in [-0.15, -0.1) is 11.3 Å². The number of nitrogens with zero attached hydrogens (tertiary/aromatic N) is 1. The molecule has 2 aliphatic carbocycles. The van der Waals surface area contributed by atoms with Crippen LogP contribution in [0.1, 0.15) is 48.5 Å². The molecule has 3 rings (SSSR count). The van der Waals surface area contributed by atoms with Gasteiger partial charge in [-0.3, -0.25) is 4.79 Å². The fourth-order valence-corrected chi connectivity index (χ4v) is 4.21. The van der Waals surface area contributed by atoms with Gasteiger partial charge in [-0.05, 0) is 55.5 Å². The van der Waals surface area contributed by atoms with Gasteiger partial charge in [0, 0.05) is 17.5 Å². The Morgan fingerprint density at radius 1 is 1.37 bits per heavy atom. The molecule has 1 heterocycles. The van der Waals surface area contributed by atoms with Crippen LogP contribution in [0.2, 0.25) is 0 Å². The minimum Gasteiger partial charge on any atom is -0.395 e. The van der Waals surface area contributed by atoms with E-state index in [1.54, 1.807) is 11.3 Å². The quantitative estimate of drug-likeness (QED) is 0.920. The lowest BCUT2D eigenvalue weighted by Crippen LogP contribution is -2.47. The van der Waals surface area contributed by atoms with Crippen molar-refractivity contribution in [2.75, 3.05) is 13.2 Å². The Morgan fingerprint density at radius 2 is 2.21 bits per heavy atom. The molecule has 4 heteroatoms. The lowest BCUT2D eigenvalue weighted by atomic mass is 9.84. The fourth-order valence-electron chi connectivity index (χ4n) is 3.22. The van der Waals surface area contributed by atoms with Crippen molar-refractivity contribution in [3.8, 4) is 0 Å². The van der Waals surface area contributed by atoms with Gasteiger partial charge in [0.05, 0.1) is 12.5 Å². The van der Waals surface area contributed by atoms with E-state index >= 15 is 0 Å². The van der Waals surface area contributed by atoms with Crippen molar-refractivity contribution in [3.63, 3.8) is 0 Å². The van der Waals surface area contributed by atoms with Crippen LogP contribution in [0.4, 0.5) is 0 Å². The van der Waals surface area contributed by atoms with Crippen molar-refractivity contribution >= 4 is 17.2 Å². The van der Waals surface area contributed by atoms with Crippen LogP contribution < -0.4 is 0 Å². The third-order valence-electron chi connectivity index (χ3n) is 4.49. The van der Waals surface area contributed by atoms with E-state index in [4.69, 9.17) is 0 Å². The monoisotopic (exact) mass is 279 g/mol. The summed E-state index contributed by atoms with van der Waals surface area (Å²) in [4.78, 5) is 16.1. The zero-order valence-electron chi connectivity index (χ0n) is 11.2. The molecule has 1 aromatic heterocycles. The number of aryl methyl sites for hydroxylation is 1. The SMILES string of the molecule is O=C(C1CCCc2sccc21)N(CCO)C1CCC1. The smallest absolute Gasteiger partial charge is 0.230 e. The van der Waals surface area contributed by atoms with E-state index in [1.165, 1.54) is 16.9 Å². The van der Waals surface area contributed by atoms with E-state index in [2.05, 4.69) is 11.4 Å². The number of fused-ring (bicyclic) bond motifs is 1. The van der Waals surface area contributed by atoms with E-state index in [9.17, 15) is 9.90 Å². The van der Waals surface area contributed by atoms with Gasteiger partial charge in [0.15, 0.2) is 0 Å². The van der Waals surface area contributed by atoms with Crippen LogP contribution in [0.5, 0.6) is 0 Å². The summed E-state index contributed by atoms with van der Waals surface area (Å²) in [6.45, 7) is 0.574. The first-order valence-corrected chi connectivity index (χ1v) is 8.17. The van der Waals surface area contributed by atoms with Gasteiger partial charge in [-0.2, -0.15) is 0 Å². The zero-order valence-corrected chi connectivity index (χ0v) is 12.0. The first-order valence-electron chi connectivity index (χ1n) is 7.29. The Labute approximate surface area is 118 Å². The summed E-state index contributed by atoms with van der Waals surface area (Å²) in [6.07, 6.45) is 6.64. The molecule has 1 amide bonds. The average molecular weight is 279 g/mol. The minimum absolute atomic E-state index is 0.0437. The highest BCUT2D eigenvalue weighted by atomic mass is 32.1. The highest BCUT2D eigenvalue weighted by Crippen LogP contribution is 2.37. The Bertz CT molecular complexity index is 453. The molecule has 0 aliphatic heterocycles. The summed E-state index contributed by atoms with van der Waals surface area (Å²) in [7, 11) is 0. The number of carbonyl (C=O) groups excluding carboxylic acids is 1. The number of hydrogen-bond acceptors (Lipinski definition) is 3. The van der Waals surface area contributed by atoms with Crippen LogP contribution in [-0.4, -0.2) is 35.1 Å². The molecule has 1 unspecified atom stereocenters. The predicted molar refractivity (Wildman–Crippen MR) is 76.4 cm³/mol. The predicted octanol–water partition coefficient (Wildman–Crippen LogP) is 2.54. The first kappa shape index (κ1) is 13.1. The maximum Gasteiger partial charge on any atom is 0.230 e. The molecule has 3 nitrogen and oxygen atoms in total. The molecule has 0 bridgehead atoms. The fraction of sp³-hybridized carbons (Fsp3) is 0.667. The molecular formula is C15H21NO2S. The van der Waals surface area contributed by atoms with Crippen LogP contribution in [0.25, 0.3) is 0 Å². The van der Waals surface area contributed by atoms with Crippen molar-refractivity contribution in [3.05, 3.63) is 21.9 Å². The maximum atomic E-state index is 12.8. The Hall–Kier alpha value is -0.870. The Morgan fingerprint density at radius 3 is 2.89 bits per heavy atom. The summed E-state index contributed by atoms with van der Waals surface area (Å²) < 4.78 is 0. The number of hydrogen-bond donors (Lipinski definition) is 1. The normalized spacial score (nSPS) is 22.7. The van der Waals surface area contributed by atoms with Gasteiger partial charge in [-0.1, -0.05) is 0 Å². The topological polar surface area (TPSA) is 40.5 Å². The second-order valence-corrected chi connectivity index (χ2v) is 6.58. The van der Waals surface area contributed by atoms with Crippen molar-refractivity contribution in [2.45, 2.75) is 50.5 Å². The number of aliphatic hydroxyl groups excluding tert-OH is 1. The summed E-state index contributed by atoms with van der Waals surface area (Å²) in [5, 5.41) is 11.3. The first-order chi connectivity index (χ1) is 9.31. The van der Waals surface area contributed by atoms with E-state index < -0.39 is 0 Å². The molecule has 2 aliphatic rings. The van der Waals surface area contributed by atoms with Gasteiger partial charge < -0.3 is 10.0 Å². The summed E-state index contributed by atoms with van der Waals surface area (Å²) in [5.74, 6) is 0.292. The molecule has 0 radical (unpaired) electrons. The summed E-state index contributed by atoms with van der Waals surface area (Å²) in [6, 6.07) is 2.50. The standard InChI is InChI=1S/C15H21NO2S/c17-9-8-16(11-3-1-4-11)15(18)13-5-2-6-14-12(13)7-10-19-14/h7,10-11,13,17H,1-6,8-9H2. The number of carbonyl (C=O) groups is 1. The number of amides is 1. The van der Waals surface area contributed by atoms with Crippen LogP contribution in [0.3, 0.4) is 0 Å². The van der Waals surface area contributed by atoms with E-state index in [-0.39, 0.29) is 18.4 Å². The molecule has 0 aromatic carbocycles. The third kappa shape index (κ3) is 2.43. The van der Waals surface area contributed by atoms with E-state index in [0.717, 1.165) is 32.1 Å². The molecule has 0 spiro atoms. The highest BCUT2D eigenvalue weighted by molar-refractivity contribution is 7.10. The largest absolute Gasteiger partial charge is 0.395 e. The molecule has 1 aromatic rings. The summed E-state index contributed by atoms with van der Waals surface area (Å²) in [5.41, 5.74) is 1.25. The second-order valence-electron chi connectivity index (χ2n) is 5.58. The van der Waals surface area contributed by atoms with Crippen LogP contribution in [-0.2, 0) is 11.2 Å². The Balaban J connectivity index is 1.79. The summed E-state index contributed by atoms with van der Waals surface area (Å²) >= 11 is 1.78. The van der Waals surface area contributed by atoms with Crippen molar-refractivity contribution in [2.24, 2.45) is 0 Å².